The number of amides is 2. The van der Waals surface area contributed by atoms with Crippen molar-refractivity contribution in [3.63, 3.8) is 0 Å². The topological polar surface area (TPSA) is 83.1 Å². The van der Waals surface area contributed by atoms with Gasteiger partial charge in [-0.1, -0.05) is 11.6 Å². The molecule has 0 atom stereocenters. The van der Waals surface area contributed by atoms with E-state index >= 15 is 0 Å². The summed E-state index contributed by atoms with van der Waals surface area (Å²) in [4.78, 5) is 27.4. The minimum atomic E-state index is -0.465. The largest absolute Gasteiger partial charge is 0.373 e. The number of nitrogens with one attached hydrogen (secondary N) is 3. The van der Waals surface area contributed by atoms with Gasteiger partial charge >= 0.3 is 0 Å². The fourth-order valence-electron chi connectivity index (χ4n) is 1.49. The van der Waals surface area contributed by atoms with E-state index in [9.17, 15) is 9.59 Å². The Morgan fingerprint density at radius 2 is 2.16 bits per heavy atom. The third kappa shape index (κ3) is 3.82. The number of pyridine rings is 1. The molecule has 3 N–H and O–H groups in total. The van der Waals surface area contributed by atoms with Gasteiger partial charge in [0, 0.05) is 13.1 Å². The second-order valence-electron chi connectivity index (χ2n) is 4.30. The van der Waals surface area contributed by atoms with Gasteiger partial charge in [-0.3, -0.25) is 9.59 Å². The third-order valence-electron chi connectivity index (χ3n) is 2.67. The van der Waals surface area contributed by atoms with E-state index in [1.165, 1.54) is 0 Å². The molecule has 6 nitrogen and oxygen atoms in total. The summed E-state index contributed by atoms with van der Waals surface area (Å²) in [5.74, 6) is -0.123. The molecular formula is C12H15ClN4O2. The van der Waals surface area contributed by atoms with Crippen molar-refractivity contribution in [3.8, 4) is 0 Å². The highest BCUT2D eigenvalue weighted by Crippen LogP contribution is 2.18. The first-order valence-corrected chi connectivity index (χ1v) is 6.40. The molecule has 19 heavy (non-hydrogen) atoms. The number of rotatable bonds is 5. The summed E-state index contributed by atoms with van der Waals surface area (Å²) >= 11 is 5.91. The van der Waals surface area contributed by atoms with Gasteiger partial charge in [-0.2, -0.15) is 0 Å². The first-order valence-electron chi connectivity index (χ1n) is 6.02. The number of nitrogens with zero attached hydrogens (tertiary/aromatic N) is 1. The van der Waals surface area contributed by atoms with Gasteiger partial charge in [-0.25, -0.2) is 4.98 Å². The summed E-state index contributed by atoms with van der Waals surface area (Å²) in [7, 11) is 1.70. The van der Waals surface area contributed by atoms with E-state index < -0.39 is 5.91 Å². The first-order chi connectivity index (χ1) is 9.10. The number of hydrogen-bond acceptors (Lipinski definition) is 4. The van der Waals surface area contributed by atoms with Gasteiger partial charge in [0.15, 0.2) is 0 Å². The predicted molar refractivity (Wildman–Crippen MR) is 72.3 cm³/mol. The molecule has 2 amide bonds. The SMILES string of the molecule is CNc1ccc(Cl)c(C(=O)NCC(=O)NC2CC2)n1. The number of anilines is 1. The Labute approximate surface area is 115 Å². The molecule has 1 aliphatic carbocycles. The van der Waals surface area contributed by atoms with Crippen molar-refractivity contribution in [3.05, 3.63) is 22.8 Å². The highest BCUT2D eigenvalue weighted by atomic mass is 35.5. The highest BCUT2D eigenvalue weighted by molar-refractivity contribution is 6.33. The van der Waals surface area contributed by atoms with Crippen molar-refractivity contribution in [2.75, 3.05) is 18.9 Å². The Morgan fingerprint density at radius 3 is 2.79 bits per heavy atom. The zero-order chi connectivity index (χ0) is 13.8. The van der Waals surface area contributed by atoms with Crippen LogP contribution >= 0.6 is 11.6 Å². The molecule has 0 saturated heterocycles. The molecule has 1 heterocycles. The van der Waals surface area contributed by atoms with Crippen LogP contribution in [0.5, 0.6) is 0 Å². The average molecular weight is 283 g/mol. The minimum absolute atomic E-state index is 0.0723. The summed E-state index contributed by atoms with van der Waals surface area (Å²) in [6.07, 6.45) is 2.02. The standard InChI is InChI=1S/C12H15ClN4O2/c1-14-9-5-4-8(13)11(17-9)12(19)15-6-10(18)16-7-2-3-7/h4-5,7H,2-3,6H2,1H3,(H,14,17)(H,15,19)(H,16,18). The normalized spacial score (nSPS) is 13.8. The van der Waals surface area contributed by atoms with Crippen molar-refractivity contribution in [1.29, 1.82) is 0 Å². The summed E-state index contributed by atoms with van der Waals surface area (Å²) in [5.41, 5.74) is 0.104. The van der Waals surface area contributed by atoms with E-state index in [1.54, 1.807) is 19.2 Å². The summed E-state index contributed by atoms with van der Waals surface area (Å²) in [5, 5.41) is 8.35. The molecule has 1 aliphatic rings. The molecule has 0 aromatic carbocycles. The monoisotopic (exact) mass is 282 g/mol. The van der Waals surface area contributed by atoms with Crippen LogP contribution in [0.2, 0.25) is 5.02 Å². The summed E-state index contributed by atoms with van der Waals surface area (Å²) in [6, 6.07) is 3.53. The van der Waals surface area contributed by atoms with Gasteiger partial charge < -0.3 is 16.0 Å². The van der Waals surface area contributed by atoms with E-state index in [0.29, 0.717) is 5.82 Å². The molecule has 1 saturated carbocycles. The number of halogens is 1. The molecule has 0 unspecified atom stereocenters. The van der Waals surface area contributed by atoms with Crippen LogP contribution in [0.1, 0.15) is 23.3 Å². The molecule has 1 fully saturated rings. The van der Waals surface area contributed by atoms with Crippen LogP contribution in [0.3, 0.4) is 0 Å². The van der Waals surface area contributed by atoms with Gasteiger partial charge in [0.05, 0.1) is 11.6 Å². The lowest BCUT2D eigenvalue weighted by molar-refractivity contribution is -0.120. The van der Waals surface area contributed by atoms with Crippen molar-refractivity contribution in [1.82, 2.24) is 15.6 Å². The number of carbonyl (C=O) groups is 2. The lowest BCUT2D eigenvalue weighted by Gasteiger charge is -2.08. The Morgan fingerprint density at radius 1 is 1.42 bits per heavy atom. The number of aromatic nitrogens is 1. The van der Waals surface area contributed by atoms with E-state index in [4.69, 9.17) is 11.6 Å². The number of hydrogen-bond donors (Lipinski definition) is 3. The molecule has 2 rings (SSSR count). The van der Waals surface area contributed by atoms with E-state index in [1.807, 2.05) is 0 Å². The van der Waals surface area contributed by atoms with Crippen LogP contribution in [-0.4, -0.2) is 36.4 Å². The second kappa shape index (κ2) is 5.88. The summed E-state index contributed by atoms with van der Waals surface area (Å²) in [6.45, 7) is -0.0723. The van der Waals surface area contributed by atoms with Crippen LogP contribution in [-0.2, 0) is 4.79 Å². The van der Waals surface area contributed by atoms with Crippen molar-refractivity contribution in [2.24, 2.45) is 0 Å². The Bertz CT molecular complexity index is 503. The van der Waals surface area contributed by atoms with Crippen LogP contribution < -0.4 is 16.0 Å². The maximum Gasteiger partial charge on any atom is 0.271 e. The Kier molecular flexibility index (Phi) is 4.21. The maximum absolute atomic E-state index is 11.9. The minimum Gasteiger partial charge on any atom is -0.373 e. The highest BCUT2D eigenvalue weighted by Gasteiger charge is 2.23. The fraction of sp³-hybridized carbons (Fsp3) is 0.417. The van der Waals surface area contributed by atoms with E-state index in [0.717, 1.165) is 12.8 Å². The number of carbonyl (C=O) groups excluding carboxylic acids is 2. The molecule has 0 bridgehead atoms. The molecule has 0 spiro atoms. The summed E-state index contributed by atoms with van der Waals surface area (Å²) < 4.78 is 0. The van der Waals surface area contributed by atoms with Crippen molar-refractivity contribution >= 4 is 29.2 Å². The lowest BCUT2D eigenvalue weighted by Crippen LogP contribution is -2.38. The molecule has 7 heteroatoms. The second-order valence-corrected chi connectivity index (χ2v) is 4.71. The van der Waals surface area contributed by atoms with Crippen LogP contribution in [0.15, 0.2) is 12.1 Å². The third-order valence-corrected chi connectivity index (χ3v) is 2.97. The fourth-order valence-corrected chi connectivity index (χ4v) is 1.68. The molecule has 1 aromatic heterocycles. The average Bonchev–Trinajstić information content (AvgIpc) is 3.20. The van der Waals surface area contributed by atoms with Crippen molar-refractivity contribution in [2.45, 2.75) is 18.9 Å². The lowest BCUT2D eigenvalue weighted by atomic mass is 10.3. The molecule has 102 valence electrons. The maximum atomic E-state index is 11.9. The van der Waals surface area contributed by atoms with Crippen molar-refractivity contribution < 1.29 is 9.59 Å². The Balaban J connectivity index is 1.92. The predicted octanol–water partition coefficient (Wildman–Crippen LogP) is 0.785. The van der Waals surface area contributed by atoms with Crippen LogP contribution in [0, 0.1) is 0 Å². The molecule has 1 aromatic rings. The van der Waals surface area contributed by atoms with Gasteiger partial charge in [0.25, 0.3) is 5.91 Å². The van der Waals surface area contributed by atoms with E-state index in [2.05, 4.69) is 20.9 Å². The zero-order valence-electron chi connectivity index (χ0n) is 10.5. The van der Waals surface area contributed by atoms with Gasteiger partial charge in [-0.15, -0.1) is 0 Å². The van der Waals surface area contributed by atoms with Gasteiger partial charge in [-0.05, 0) is 25.0 Å². The van der Waals surface area contributed by atoms with E-state index in [-0.39, 0.29) is 29.2 Å². The zero-order valence-corrected chi connectivity index (χ0v) is 11.3. The van der Waals surface area contributed by atoms with Crippen LogP contribution in [0.25, 0.3) is 0 Å². The molecule has 0 radical (unpaired) electrons. The smallest absolute Gasteiger partial charge is 0.271 e. The van der Waals surface area contributed by atoms with Gasteiger partial charge in [0.1, 0.15) is 11.5 Å². The first kappa shape index (κ1) is 13.6. The van der Waals surface area contributed by atoms with Gasteiger partial charge in [0.2, 0.25) is 5.91 Å². The molecule has 0 aliphatic heterocycles. The molecular weight excluding hydrogens is 268 g/mol. The van der Waals surface area contributed by atoms with Crippen LogP contribution in [0.4, 0.5) is 5.82 Å². The Hall–Kier alpha value is -1.82. The quantitative estimate of drug-likeness (QED) is 0.745.